The molecule has 0 aromatic heterocycles. The monoisotopic (exact) mass is 175 g/mol. The lowest BCUT2D eigenvalue weighted by Gasteiger charge is -2.10. The van der Waals surface area contributed by atoms with Crippen molar-refractivity contribution >= 4 is 5.71 Å². The molecule has 66 valence electrons. The summed E-state index contributed by atoms with van der Waals surface area (Å²) in [5.41, 5.74) is -1.15. The van der Waals surface area contributed by atoms with Crippen LogP contribution in [-0.4, -0.2) is 11.9 Å². The third-order valence-electron chi connectivity index (χ3n) is 1.59. The first kappa shape index (κ1) is 9.03. The van der Waals surface area contributed by atoms with Crippen LogP contribution >= 0.6 is 0 Å². The maximum Gasteiger partial charge on any atom is 0.418 e. The highest BCUT2D eigenvalue weighted by atomic mass is 19.4. The van der Waals surface area contributed by atoms with Gasteiger partial charge in [0.25, 0.3) is 0 Å². The quantitative estimate of drug-likeness (QED) is 0.585. The Kier molecular flexibility index (Phi) is 2.35. The van der Waals surface area contributed by atoms with Gasteiger partial charge in [-0.15, -0.1) is 0 Å². The second kappa shape index (κ2) is 3.13. The average Bonchev–Trinajstić information content (AvgIpc) is 2.11. The lowest BCUT2D eigenvalue weighted by molar-refractivity contribution is -0.0862. The van der Waals surface area contributed by atoms with Crippen molar-refractivity contribution in [3.63, 3.8) is 0 Å². The SMILES string of the molecule is N=C1CCC=CC=C1C(F)(F)F. The Bertz CT molecular complexity index is 248. The van der Waals surface area contributed by atoms with Crippen LogP contribution in [0.5, 0.6) is 0 Å². The molecule has 1 rings (SSSR count). The molecule has 0 fully saturated rings. The third-order valence-corrected chi connectivity index (χ3v) is 1.59. The zero-order valence-electron chi connectivity index (χ0n) is 6.28. The van der Waals surface area contributed by atoms with Crippen LogP contribution in [-0.2, 0) is 0 Å². The zero-order chi connectivity index (χ0) is 9.19. The van der Waals surface area contributed by atoms with Crippen LogP contribution in [0, 0.1) is 5.41 Å². The first-order valence-electron chi connectivity index (χ1n) is 3.53. The van der Waals surface area contributed by atoms with Gasteiger partial charge < -0.3 is 5.41 Å². The Morgan fingerprint density at radius 1 is 1.33 bits per heavy atom. The highest BCUT2D eigenvalue weighted by molar-refractivity contribution is 5.99. The van der Waals surface area contributed by atoms with E-state index in [2.05, 4.69) is 0 Å². The molecular formula is C8H8F3N. The van der Waals surface area contributed by atoms with Crippen LogP contribution in [0.1, 0.15) is 12.8 Å². The summed E-state index contributed by atoms with van der Waals surface area (Å²) < 4.78 is 36.4. The van der Waals surface area contributed by atoms with Gasteiger partial charge in [-0.1, -0.05) is 12.2 Å². The number of allylic oxidation sites excluding steroid dienone is 4. The van der Waals surface area contributed by atoms with Gasteiger partial charge in [-0.25, -0.2) is 0 Å². The van der Waals surface area contributed by atoms with E-state index in [1.807, 2.05) is 0 Å². The van der Waals surface area contributed by atoms with E-state index in [1.54, 1.807) is 6.08 Å². The molecule has 0 unspecified atom stereocenters. The molecule has 1 N–H and O–H groups in total. The van der Waals surface area contributed by atoms with E-state index in [0.29, 0.717) is 6.42 Å². The number of hydrogen-bond donors (Lipinski definition) is 1. The molecule has 0 atom stereocenters. The van der Waals surface area contributed by atoms with E-state index in [9.17, 15) is 13.2 Å². The minimum atomic E-state index is -4.38. The van der Waals surface area contributed by atoms with Crippen LogP contribution in [0.25, 0.3) is 0 Å². The van der Waals surface area contributed by atoms with Gasteiger partial charge in [-0.05, 0) is 18.9 Å². The van der Waals surface area contributed by atoms with E-state index in [0.717, 1.165) is 6.08 Å². The summed E-state index contributed by atoms with van der Waals surface area (Å²) in [4.78, 5) is 0. The Labute approximate surface area is 68.1 Å². The molecule has 0 saturated heterocycles. The molecule has 0 aromatic carbocycles. The zero-order valence-corrected chi connectivity index (χ0v) is 6.28. The molecule has 12 heavy (non-hydrogen) atoms. The highest BCUT2D eigenvalue weighted by Gasteiger charge is 2.35. The van der Waals surface area contributed by atoms with Crippen LogP contribution in [0.3, 0.4) is 0 Å². The van der Waals surface area contributed by atoms with Crippen molar-refractivity contribution in [1.82, 2.24) is 0 Å². The number of halogens is 3. The van der Waals surface area contributed by atoms with Crippen molar-refractivity contribution in [2.24, 2.45) is 0 Å². The molecule has 1 aliphatic rings. The molecule has 0 amide bonds. The number of nitrogens with one attached hydrogen (secondary N) is 1. The average molecular weight is 175 g/mol. The van der Waals surface area contributed by atoms with Gasteiger partial charge >= 0.3 is 6.18 Å². The first-order chi connectivity index (χ1) is 5.52. The van der Waals surface area contributed by atoms with Crippen molar-refractivity contribution in [3.8, 4) is 0 Å². The second-order valence-corrected chi connectivity index (χ2v) is 2.52. The van der Waals surface area contributed by atoms with Crippen LogP contribution in [0.2, 0.25) is 0 Å². The molecule has 0 radical (unpaired) electrons. The molecule has 0 bridgehead atoms. The van der Waals surface area contributed by atoms with Crippen LogP contribution < -0.4 is 0 Å². The lowest BCUT2D eigenvalue weighted by Crippen LogP contribution is -2.18. The Balaban J connectivity index is 2.93. The Hall–Kier alpha value is -1.06. The molecule has 0 aromatic rings. The summed E-state index contributed by atoms with van der Waals surface area (Å²) in [5.74, 6) is 0. The Morgan fingerprint density at radius 2 is 2.00 bits per heavy atom. The fourth-order valence-corrected chi connectivity index (χ4v) is 0.989. The van der Waals surface area contributed by atoms with E-state index in [-0.39, 0.29) is 12.1 Å². The summed E-state index contributed by atoms with van der Waals surface area (Å²) in [6.07, 6.45) is 0.232. The summed E-state index contributed by atoms with van der Waals surface area (Å²) in [6.45, 7) is 0. The summed E-state index contributed by atoms with van der Waals surface area (Å²) >= 11 is 0. The van der Waals surface area contributed by atoms with E-state index >= 15 is 0 Å². The topological polar surface area (TPSA) is 23.9 Å². The standard InChI is InChI=1S/C8H8F3N/c9-8(10,11)6-4-2-1-3-5-7(6)12/h1-2,4,12H,3,5H2. The fraction of sp³-hybridized carbons (Fsp3) is 0.375. The largest absolute Gasteiger partial charge is 0.418 e. The molecule has 1 nitrogen and oxygen atoms in total. The predicted molar refractivity (Wildman–Crippen MR) is 40.2 cm³/mol. The van der Waals surface area contributed by atoms with Crippen molar-refractivity contribution in [2.45, 2.75) is 19.0 Å². The Morgan fingerprint density at radius 3 is 2.58 bits per heavy atom. The van der Waals surface area contributed by atoms with Crippen molar-refractivity contribution in [2.75, 3.05) is 0 Å². The van der Waals surface area contributed by atoms with Crippen LogP contribution in [0.4, 0.5) is 13.2 Å². The molecule has 4 heteroatoms. The normalized spacial score (nSPS) is 18.9. The minimum absolute atomic E-state index is 0.168. The van der Waals surface area contributed by atoms with Gasteiger partial charge in [-0.3, -0.25) is 0 Å². The van der Waals surface area contributed by atoms with Gasteiger partial charge in [0.1, 0.15) is 0 Å². The molecular weight excluding hydrogens is 167 g/mol. The van der Waals surface area contributed by atoms with E-state index in [4.69, 9.17) is 5.41 Å². The van der Waals surface area contributed by atoms with Crippen LogP contribution in [0.15, 0.2) is 23.8 Å². The van der Waals surface area contributed by atoms with Gasteiger partial charge in [0.15, 0.2) is 0 Å². The van der Waals surface area contributed by atoms with Crippen molar-refractivity contribution in [3.05, 3.63) is 23.8 Å². The first-order valence-corrected chi connectivity index (χ1v) is 3.53. The number of hydrogen-bond acceptors (Lipinski definition) is 1. The molecule has 0 saturated carbocycles. The van der Waals surface area contributed by atoms with E-state index in [1.165, 1.54) is 6.08 Å². The van der Waals surface area contributed by atoms with Crippen molar-refractivity contribution in [1.29, 1.82) is 5.41 Å². The maximum absolute atomic E-state index is 12.1. The summed E-state index contributed by atoms with van der Waals surface area (Å²) in [5, 5.41) is 7.11. The number of alkyl halides is 3. The molecule has 0 spiro atoms. The predicted octanol–water partition coefficient (Wildman–Crippen LogP) is 2.84. The van der Waals surface area contributed by atoms with Gasteiger partial charge in [0, 0.05) is 5.71 Å². The second-order valence-electron chi connectivity index (χ2n) is 2.52. The molecule has 0 aliphatic heterocycles. The molecule has 0 heterocycles. The van der Waals surface area contributed by atoms with Gasteiger partial charge in [0.05, 0.1) is 5.57 Å². The van der Waals surface area contributed by atoms with Gasteiger partial charge in [-0.2, -0.15) is 13.2 Å². The number of rotatable bonds is 0. The smallest absolute Gasteiger partial charge is 0.305 e. The minimum Gasteiger partial charge on any atom is -0.305 e. The summed E-state index contributed by atoms with van der Waals surface area (Å²) in [6, 6.07) is 0. The van der Waals surface area contributed by atoms with E-state index < -0.39 is 11.7 Å². The maximum atomic E-state index is 12.1. The fourth-order valence-electron chi connectivity index (χ4n) is 0.989. The summed E-state index contributed by atoms with van der Waals surface area (Å²) in [7, 11) is 0. The lowest BCUT2D eigenvalue weighted by atomic mass is 10.1. The highest BCUT2D eigenvalue weighted by Crippen LogP contribution is 2.28. The third kappa shape index (κ3) is 1.96. The van der Waals surface area contributed by atoms with Crippen molar-refractivity contribution < 1.29 is 13.2 Å². The molecule has 1 aliphatic carbocycles. The van der Waals surface area contributed by atoms with Gasteiger partial charge in [0.2, 0.25) is 0 Å².